The molecule has 0 bridgehead atoms. The summed E-state index contributed by atoms with van der Waals surface area (Å²) in [5.41, 5.74) is 5.41. The van der Waals surface area contributed by atoms with E-state index in [-0.39, 0.29) is 22.6 Å². The van der Waals surface area contributed by atoms with Gasteiger partial charge < -0.3 is 11.1 Å². The SMILES string of the molecule is Nc1ccc(Br)cc1C(=O)Nc1cc([N+](=O)[O-])ccc1F. The van der Waals surface area contributed by atoms with Gasteiger partial charge in [-0.05, 0) is 24.3 Å². The highest BCUT2D eigenvalue weighted by Gasteiger charge is 2.16. The van der Waals surface area contributed by atoms with Crippen LogP contribution in [0.5, 0.6) is 0 Å². The van der Waals surface area contributed by atoms with E-state index < -0.39 is 16.6 Å². The van der Waals surface area contributed by atoms with Crippen molar-refractivity contribution < 1.29 is 14.1 Å². The number of carbonyl (C=O) groups is 1. The number of nitrogens with zero attached hydrogens (tertiary/aromatic N) is 1. The van der Waals surface area contributed by atoms with E-state index in [9.17, 15) is 19.3 Å². The van der Waals surface area contributed by atoms with Crippen molar-refractivity contribution in [3.05, 3.63) is 62.4 Å². The first-order chi connectivity index (χ1) is 9.88. The van der Waals surface area contributed by atoms with Crippen molar-refractivity contribution in [2.45, 2.75) is 0 Å². The smallest absolute Gasteiger partial charge is 0.271 e. The van der Waals surface area contributed by atoms with Crippen LogP contribution in [0.2, 0.25) is 0 Å². The van der Waals surface area contributed by atoms with Crippen LogP contribution in [0.25, 0.3) is 0 Å². The number of hydrogen-bond donors (Lipinski definition) is 2. The number of rotatable bonds is 3. The first kappa shape index (κ1) is 14.9. The summed E-state index contributed by atoms with van der Waals surface area (Å²) in [5, 5.41) is 12.9. The number of carbonyl (C=O) groups excluding carboxylic acids is 1. The van der Waals surface area contributed by atoms with Gasteiger partial charge in [0, 0.05) is 22.3 Å². The number of nitrogens with one attached hydrogen (secondary N) is 1. The summed E-state index contributed by atoms with van der Waals surface area (Å²) in [7, 11) is 0. The lowest BCUT2D eigenvalue weighted by molar-refractivity contribution is -0.384. The molecular formula is C13H9BrFN3O3. The number of amides is 1. The molecule has 21 heavy (non-hydrogen) atoms. The third-order valence-electron chi connectivity index (χ3n) is 2.67. The molecule has 0 saturated carbocycles. The second-order valence-electron chi connectivity index (χ2n) is 4.11. The van der Waals surface area contributed by atoms with Crippen LogP contribution >= 0.6 is 15.9 Å². The number of nitro benzene ring substituents is 1. The van der Waals surface area contributed by atoms with Crippen LogP contribution in [-0.2, 0) is 0 Å². The van der Waals surface area contributed by atoms with Crippen LogP contribution in [0.4, 0.5) is 21.5 Å². The molecule has 108 valence electrons. The van der Waals surface area contributed by atoms with Crippen LogP contribution in [0.3, 0.4) is 0 Å². The zero-order chi connectivity index (χ0) is 15.6. The van der Waals surface area contributed by atoms with E-state index in [0.717, 1.165) is 18.2 Å². The van der Waals surface area contributed by atoms with E-state index in [0.29, 0.717) is 4.47 Å². The predicted octanol–water partition coefficient (Wildman–Crippen LogP) is 3.33. The van der Waals surface area contributed by atoms with E-state index in [2.05, 4.69) is 21.2 Å². The molecule has 2 rings (SSSR count). The Morgan fingerprint density at radius 1 is 1.29 bits per heavy atom. The summed E-state index contributed by atoms with van der Waals surface area (Å²) in [6.07, 6.45) is 0. The lowest BCUT2D eigenvalue weighted by Crippen LogP contribution is -2.15. The number of non-ortho nitro benzene ring substituents is 1. The van der Waals surface area contributed by atoms with Crippen molar-refractivity contribution in [2.75, 3.05) is 11.1 Å². The third kappa shape index (κ3) is 3.34. The predicted molar refractivity (Wildman–Crippen MR) is 79.6 cm³/mol. The number of nitrogens with two attached hydrogens (primary N) is 1. The molecule has 2 aromatic carbocycles. The standard InChI is InChI=1S/C13H9BrFN3O3/c14-7-1-4-11(16)9(5-7)13(19)17-12-6-8(18(20)21)2-3-10(12)15/h1-6H,16H2,(H,17,19). The highest BCUT2D eigenvalue weighted by atomic mass is 79.9. The molecule has 0 spiro atoms. The molecule has 0 atom stereocenters. The van der Waals surface area contributed by atoms with Crippen molar-refractivity contribution in [1.29, 1.82) is 0 Å². The van der Waals surface area contributed by atoms with Gasteiger partial charge in [-0.3, -0.25) is 14.9 Å². The second-order valence-corrected chi connectivity index (χ2v) is 5.02. The fourth-order valence-corrected chi connectivity index (χ4v) is 2.00. The van der Waals surface area contributed by atoms with E-state index in [1.807, 2.05) is 0 Å². The average molecular weight is 354 g/mol. The monoisotopic (exact) mass is 353 g/mol. The Morgan fingerprint density at radius 3 is 2.67 bits per heavy atom. The summed E-state index contributed by atoms with van der Waals surface area (Å²) < 4.78 is 14.2. The molecule has 1 amide bonds. The first-order valence-electron chi connectivity index (χ1n) is 5.69. The molecule has 2 aromatic rings. The Hall–Kier alpha value is -2.48. The topological polar surface area (TPSA) is 98.3 Å². The Kier molecular flexibility index (Phi) is 4.18. The maximum absolute atomic E-state index is 13.6. The average Bonchev–Trinajstić information content (AvgIpc) is 2.43. The molecule has 0 heterocycles. The van der Waals surface area contributed by atoms with Crippen molar-refractivity contribution in [1.82, 2.24) is 0 Å². The molecule has 0 aliphatic rings. The normalized spacial score (nSPS) is 10.2. The van der Waals surface area contributed by atoms with E-state index in [4.69, 9.17) is 5.73 Å². The van der Waals surface area contributed by atoms with Gasteiger partial charge in [0.05, 0.1) is 16.2 Å². The highest BCUT2D eigenvalue weighted by Crippen LogP contribution is 2.24. The Morgan fingerprint density at radius 2 is 2.00 bits per heavy atom. The number of benzene rings is 2. The minimum absolute atomic E-state index is 0.135. The molecule has 0 aromatic heterocycles. The summed E-state index contributed by atoms with van der Waals surface area (Å²) in [6.45, 7) is 0. The van der Waals surface area contributed by atoms with E-state index in [1.165, 1.54) is 12.1 Å². The molecule has 0 aliphatic heterocycles. The van der Waals surface area contributed by atoms with Gasteiger partial charge in [-0.15, -0.1) is 0 Å². The molecular weight excluding hydrogens is 345 g/mol. The molecule has 0 saturated heterocycles. The fourth-order valence-electron chi connectivity index (χ4n) is 1.64. The Balaban J connectivity index is 2.33. The lowest BCUT2D eigenvalue weighted by Gasteiger charge is -2.08. The number of anilines is 2. The van der Waals surface area contributed by atoms with Gasteiger partial charge in [-0.1, -0.05) is 15.9 Å². The number of halogens is 2. The van der Waals surface area contributed by atoms with Crippen molar-refractivity contribution in [3.8, 4) is 0 Å². The first-order valence-corrected chi connectivity index (χ1v) is 6.48. The zero-order valence-corrected chi connectivity index (χ0v) is 12.1. The van der Waals surface area contributed by atoms with Gasteiger partial charge in [0.1, 0.15) is 5.82 Å². The Labute approximate surface area is 127 Å². The van der Waals surface area contributed by atoms with Gasteiger partial charge in [0.15, 0.2) is 0 Å². The van der Waals surface area contributed by atoms with Crippen molar-refractivity contribution in [3.63, 3.8) is 0 Å². The lowest BCUT2D eigenvalue weighted by atomic mass is 10.1. The number of hydrogen-bond acceptors (Lipinski definition) is 4. The molecule has 0 unspecified atom stereocenters. The Bertz CT molecular complexity index is 737. The fraction of sp³-hybridized carbons (Fsp3) is 0. The molecule has 6 nitrogen and oxygen atoms in total. The molecule has 0 fully saturated rings. The van der Waals surface area contributed by atoms with Gasteiger partial charge in [0.25, 0.3) is 11.6 Å². The minimum Gasteiger partial charge on any atom is -0.398 e. The van der Waals surface area contributed by atoms with Crippen molar-refractivity contribution >= 4 is 38.9 Å². The molecule has 3 N–H and O–H groups in total. The van der Waals surface area contributed by atoms with Gasteiger partial charge in [-0.2, -0.15) is 0 Å². The quantitative estimate of drug-likeness (QED) is 0.502. The summed E-state index contributed by atoms with van der Waals surface area (Å²) >= 11 is 3.20. The molecule has 8 heteroatoms. The number of nitro groups is 1. The maximum Gasteiger partial charge on any atom is 0.271 e. The highest BCUT2D eigenvalue weighted by molar-refractivity contribution is 9.10. The number of nitrogen functional groups attached to an aromatic ring is 1. The molecule has 0 radical (unpaired) electrons. The van der Waals surface area contributed by atoms with Crippen LogP contribution in [0.1, 0.15) is 10.4 Å². The van der Waals surface area contributed by atoms with E-state index in [1.54, 1.807) is 6.07 Å². The second kappa shape index (κ2) is 5.88. The van der Waals surface area contributed by atoms with Crippen LogP contribution < -0.4 is 11.1 Å². The van der Waals surface area contributed by atoms with Gasteiger partial charge in [0.2, 0.25) is 0 Å². The van der Waals surface area contributed by atoms with Gasteiger partial charge >= 0.3 is 0 Å². The third-order valence-corrected chi connectivity index (χ3v) is 3.16. The minimum atomic E-state index is -0.775. The zero-order valence-electron chi connectivity index (χ0n) is 10.5. The largest absolute Gasteiger partial charge is 0.398 e. The van der Waals surface area contributed by atoms with Crippen molar-refractivity contribution in [2.24, 2.45) is 0 Å². The summed E-state index contributed by atoms with van der Waals surface area (Å²) in [4.78, 5) is 22.1. The maximum atomic E-state index is 13.6. The van der Waals surface area contributed by atoms with Crippen LogP contribution in [0.15, 0.2) is 40.9 Å². The summed E-state index contributed by atoms with van der Waals surface area (Å²) in [5.74, 6) is -1.43. The van der Waals surface area contributed by atoms with Gasteiger partial charge in [-0.25, -0.2) is 4.39 Å². The van der Waals surface area contributed by atoms with E-state index >= 15 is 0 Å². The molecule has 0 aliphatic carbocycles. The van der Waals surface area contributed by atoms with Crippen LogP contribution in [-0.4, -0.2) is 10.8 Å². The van der Waals surface area contributed by atoms with Crippen LogP contribution in [0, 0.1) is 15.9 Å². The summed E-state index contributed by atoms with van der Waals surface area (Å²) in [6, 6.07) is 7.51.